The predicted octanol–water partition coefficient (Wildman–Crippen LogP) is 5.26. The van der Waals surface area contributed by atoms with Crippen molar-refractivity contribution in [2.24, 2.45) is 0 Å². The van der Waals surface area contributed by atoms with Crippen LogP contribution in [0.4, 0.5) is 9.18 Å². The summed E-state index contributed by atoms with van der Waals surface area (Å²) in [5.74, 6) is -1.71. The Hall–Kier alpha value is -2.94. The number of nitrogens with zero attached hydrogens (tertiary/aromatic N) is 1. The monoisotopic (exact) mass is 531 g/mol. The Labute approximate surface area is 192 Å². The van der Waals surface area contributed by atoms with E-state index in [9.17, 15) is 19.1 Å². The third kappa shape index (κ3) is 3.78. The van der Waals surface area contributed by atoms with Crippen LogP contribution in [0, 0.1) is 9.39 Å². The number of halogens is 2. The molecule has 3 aromatic rings. The Balaban J connectivity index is 1.86. The second-order valence-electron chi connectivity index (χ2n) is 7.23. The molecule has 1 atom stereocenters. The van der Waals surface area contributed by atoms with Gasteiger partial charge in [-0.1, -0.05) is 60.7 Å². The summed E-state index contributed by atoms with van der Waals surface area (Å²) in [5.41, 5.74) is 3.71. The molecule has 0 spiro atoms. The molecule has 0 fully saturated rings. The molecule has 0 aromatic heterocycles. The lowest BCUT2D eigenvalue weighted by molar-refractivity contribution is -0.143. The van der Waals surface area contributed by atoms with Gasteiger partial charge in [-0.3, -0.25) is 4.90 Å². The molecule has 0 aliphatic heterocycles. The highest BCUT2D eigenvalue weighted by atomic mass is 127. The second kappa shape index (κ2) is 8.66. The molecule has 0 bridgehead atoms. The normalized spacial score (nSPS) is 13.3. The average Bonchev–Trinajstić information content (AvgIpc) is 3.10. The Morgan fingerprint density at radius 2 is 1.61 bits per heavy atom. The number of rotatable bonds is 5. The van der Waals surface area contributed by atoms with Crippen molar-refractivity contribution in [3.8, 4) is 11.1 Å². The summed E-state index contributed by atoms with van der Waals surface area (Å²) in [4.78, 5) is 26.5. The summed E-state index contributed by atoms with van der Waals surface area (Å²) >= 11 is 1.86. The van der Waals surface area contributed by atoms with Crippen molar-refractivity contribution >= 4 is 34.7 Å². The first-order valence-electron chi connectivity index (χ1n) is 9.64. The van der Waals surface area contributed by atoms with Crippen LogP contribution in [0.3, 0.4) is 0 Å². The molecule has 158 valence electrons. The molecule has 1 aliphatic rings. The van der Waals surface area contributed by atoms with Crippen molar-refractivity contribution < 1.29 is 23.8 Å². The van der Waals surface area contributed by atoms with Crippen molar-refractivity contribution in [3.63, 3.8) is 0 Å². The minimum absolute atomic E-state index is 0.187. The molecule has 0 unspecified atom stereocenters. The van der Waals surface area contributed by atoms with Crippen LogP contribution in [0.1, 0.15) is 22.7 Å². The summed E-state index contributed by atoms with van der Waals surface area (Å²) < 4.78 is 20.1. The first-order chi connectivity index (χ1) is 14.9. The molecule has 3 aromatic carbocycles. The molecule has 0 radical (unpaired) electrons. The van der Waals surface area contributed by atoms with Crippen molar-refractivity contribution in [1.29, 1.82) is 0 Å². The van der Waals surface area contributed by atoms with Crippen molar-refractivity contribution in [2.45, 2.75) is 18.5 Å². The highest BCUT2D eigenvalue weighted by Gasteiger charge is 2.42. The van der Waals surface area contributed by atoms with Crippen LogP contribution in [0.2, 0.25) is 0 Å². The average molecular weight is 531 g/mol. The molecular formula is C24H19FINO4. The zero-order chi connectivity index (χ0) is 22.1. The third-order valence-corrected chi connectivity index (χ3v) is 6.36. The molecular weight excluding hydrogens is 512 g/mol. The van der Waals surface area contributed by atoms with E-state index in [0.717, 1.165) is 22.3 Å². The zero-order valence-electron chi connectivity index (χ0n) is 16.6. The van der Waals surface area contributed by atoms with Gasteiger partial charge in [-0.25, -0.2) is 14.0 Å². The smallest absolute Gasteiger partial charge is 0.411 e. The number of carboxylic acid groups (broad SMARTS) is 1. The van der Waals surface area contributed by atoms with E-state index in [-0.39, 0.29) is 12.0 Å². The van der Waals surface area contributed by atoms with Crippen molar-refractivity contribution in [1.82, 2.24) is 4.90 Å². The van der Waals surface area contributed by atoms with Crippen LogP contribution in [-0.2, 0) is 16.0 Å². The van der Waals surface area contributed by atoms with Crippen LogP contribution in [-0.4, -0.2) is 35.2 Å². The van der Waals surface area contributed by atoms with Gasteiger partial charge in [-0.15, -0.1) is 0 Å². The number of amides is 1. The van der Waals surface area contributed by atoms with E-state index < -0.39 is 30.0 Å². The molecule has 1 N–H and O–H groups in total. The third-order valence-electron chi connectivity index (χ3n) is 5.53. The summed E-state index contributed by atoms with van der Waals surface area (Å²) in [7, 11) is 1.22. The van der Waals surface area contributed by atoms with E-state index in [1.54, 1.807) is 18.2 Å². The molecule has 1 aliphatic carbocycles. The minimum Gasteiger partial charge on any atom is -0.480 e. The largest absolute Gasteiger partial charge is 0.480 e. The van der Waals surface area contributed by atoms with E-state index in [1.807, 2.05) is 71.1 Å². The standard InChI is InChI=1S/C24H19FINO4/c1-31-24(30)27(20(23(28)29)13-14-7-6-12-19(26)21(14)25)22-17-10-4-2-8-15(17)16-9-3-5-11-18(16)22/h2-12,20,22H,13H2,1H3,(H,28,29)/t20-/m0/s1. The van der Waals surface area contributed by atoms with E-state index in [1.165, 1.54) is 12.0 Å². The quantitative estimate of drug-likeness (QED) is 0.456. The number of hydrogen-bond acceptors (Lipinski definition) is 3. The lowest BCUT2D eigenvalue weighted by atomic mass is 9.98. The van der Waals surface area contributed by atoms with Crippen LogP contribution >= 0.6 is 22.6 Å². The fourth-order valence-corrected chi connectivity index (χ4v) is 4.72. The summed E-state index contributed by atoms with van der Waals surface area (Å²) in [5, 5.41) is 10.1. The second-order valence-corrected chi connectivity index (χ2v) is 8.39. The van der Waals surface area contributed by atoms with Crippen LogP contribution in [0.15, 0.2) is 66.7 Å². The number of carbonyl (C=O) groups excluding carboxylic acids is 1. The Kier molecular flexibility index (Phi) is 5.95. The van der Waals surface area contributed by atoms with Crippen molar-refractivity contribution in [2.75, 3.05) is 7.11 Å². The van der Waals surface area contributed by atoms with Gasteiger partial charge in [0.15, 0.2) is 0 Å². The van der Waals surface area contributed by atoms with Gasteiger partial charge >= 0.3 is 12.1 Å². The number of benzene rings is 3. The maximum Gasteiger partial charge on any atom is 0.411 e. The zero-order valence-corrected chi connectivity index (χ0v) is 18.7. The molecule has 5 nitrogen and oxygen atoms in total. The Morgan fingerprint density at radius 3 is 2.16 bits per heavy atom. The number of fused-ring (bicyclic) bond motifs is 3. The van der Waals surface area contributed by atoms with Crippen LogP contribution < -0.4 is 0 Å². The minimum atomic E-state index is -1.33. The Morgan fingerprint density at radius 1 is 1.03 bits per heavy atom. The molecule has 0 saturated carbocycles. The van der Waals surface area contributed by atoms with E-state index in [0.29, 0.717) is 3.57 Å². The molecule has 1 amide bonds. The maximum absolute atomic E-state index is 14.7. The number of methoxy groups -OCH3 is 1. The fourth-order valence-electron chi connectivity index (χ4n) is 4.17. The number of aliphatic carboxylic acids is 1. The number of carbonyl (C=O) groups is 2. The predicted molar refractivity (Wildman–Crippen MR) is 122 cm³/mol. The van der Waals surface area contributed by atoms with Gasteiger partial charge in [0.1, 0.15) is 11.9 Å². The highest BCUT2D eigenvalue weighted by molar-refractivity contribution is 14.1. The van der Waals surface area contributed by atoms with Gasteiger partial charge in [0.05, 0.1) is 13.2 Å². The van der Waals surface area contributed by atoms with Gasteiger partial charge in [-0.05, 0) is 56.5 Å². The SMILES string of the molecule is COC(=O)N(C1c2ccccc2-c2ccccc21)[C@@H](Cc1cccc(I)c1F)C(=O)O. The first-order valence-corrected chi connectivity index (χ1v) is 10.7. The maximum atomic E-state index is 14.7. The molecule has 4 rings (SSSR count). The summed E-state index contributed by atoms with van der Waals surface area (Å²) in [6.07, 6.45) is -0.969. The Bertz CT molecular complexity index is 1120. The van der Waals surface area contributed by atoms with E-state index in [2.05, 4.69) is 0 Å². The number of carboxylic acids is 1. The first kappa shape index (κ1) is 21.3. The van der Waals surface area contributed by atoms with Crippen LogP contribution in [0.5, 0.6) is 0 Å². The highest BCUT2D eigenvalue weighted by Crippen LogP contribution is 2.47. The number of hydrogen-bond donors (Lipinski definition) is 1. The lowest BCUT2D eigenvalue weighted by Gasteiger charge is -2.34. The topological polar surface area (TPSA) is 66.8 Å². The lowest BCUT2D eigenvalue weighted by Crippen LogP contribution is -2.48. The molecule has 0 heterocycles. The van der Waals surface area contributed by atoms with E-state index >= 15 is 0 Å². The van der Waals surface area contributed by atoms with Gasteiger partial charge in [0.25, 0.3) is 0 Å². The van der Waals surface area contributed by atoms with Crippen molar-refractivity contribution in [3.05, 3.63) is 92.8 Å². The number of ether oxygens (including phenoxy) is 1. The molecule has 0 saturated heterocycles. The van der Waals surface area contributed by atoms with E-state index in [4.69, 9.17) is 4.74 Å². The van der Waals surface area contributed by atoms with Gasteiger partial charge in [0.2, 0.25) is 0 Å². The molecule has 7 heteroatoms. The summed E-state index contributed by atoms with van der Waals surface area (Å²) in [6.45, 7) is 0. The van der Waals surface area contributed by atoms with Crippen LogP contribution in [0.25, 0.3) is 11.1 Å². The van der Waals surface area contributed by atoms with Gasteiger partial charge < -0.3 is 9.84 Å². The summed E-state index contributed by atoms with van der Waals surface area (Å²) in [6, 6.07) is 18.0. The fraction of sp³-hybridized carbons (Fsp3) is 0.167. The molecule has 31 heavy (non-hydrogen) atoms. The van der Waals surface area contributed by atoms with Gasteiger partial charge in [-0.2, -0.15) is 0 Å². The van der Waals surface area contributed by atoms with Gasteiger partial charge in [0, 0.05) is 9.99 Å².